The number of ether oxygens (including phenoxy) is 1. The number of benzene rings is 1. The second-order valence-electron chi connectivity index (χ2n) is 4.40. The molecule has 21 heavy (non-hydrogen) atoms. The first-order chi connectivity index (χ1) is 9.76. The number of aromatic nitrogens is 1. The molecule has 1 aromatic heterocycles. The van der Waals surface area contributed by atoms with E-state index in [1.54, 1.807) is 13.0 Å². The predicted octanol–water partition coefficient (Wildman–Crippen LogP) is 1.64. The van der Waals surface area contributed by atoms with Gasteiger partial charge >= 0.3 is 13.5 Å². The van der Waals surface area contributed by atoms with Crippen molar-refractivity contribution in [1.29, 1.82) is 0 Å². The number of halogens is 3. The van der Waals surface area contributed by atoms with Crippen LogP contribution >= 0.6 is 0 Å². The highest BCUT2D eigenvalue weighted by Crippen LogP contribution is 2.25. The zero-order chi connectivity index (χ0) is 15.6. The SMILES string of the molecule is Cc1cnc(-c2ccc(OC(F)(F)F)cc2)c(B(O)O)c1. The van der Waals surface area contributed by atoms with E-state index in [9.17, 15) is 23.2 Å². The van der Waals surface area contributed by atoms with E-state index >= 15 is 0 Å². The van der Waals surface area contributed by atoms with Crippen LogP contribution in [-0.2, 0) is 0 Å². The maximum absolute atomic E-state index is 12.1. The Bertz CT molecular complexity index is 630. The second kappa shape index (κ2) is 5.75. The van der Waals surface area contributed by atoms with Gasteiger partial charge in [-0.1, -0.05) is 6.07 Å². The van der Waals surface area contributed by atoms with Crippen molar-refractivity contribution >= 4 is 12.6 Å². The lowest BCUT2D eigenvalue weighted by atomic mass is 9.77. The van der Waals surface area contributed by atoms with Crippen molar-refractivity contribution in [3.8, 4) is 17.0 Å². The Hall–Kier alpha value is -2.06. The molecule has 0 unspecified atom stereocenters. The molecular weight excluding hydrogens is 286 g/mol. The summed E-state index contributed by atoms with van der Waals surface area (Å²) in [7, 11) is -1.72. The summed E-state index contributed by atoms with van der Waals surface area (Å²) in [5.41, 5.74) is 1.65. The second-order valence-corrected chi connectivity index (χ2v) is 4.40. The van der Waals surface area contributed by atoms with E-state index in [-0.39, 0.29) is 16.9 Å². The lowest BCUT2D eigenvalue weighted by Crippen LogP contribution is -2.32. The number of hydrogen-bond acceptors (Lipinski definition) is 4. The normalized spacial score (nSPS) is 11.3. The Morgan fingerprint density at radius 1 is 1.14 bits per heavy atom. The van der Waals surface area contributed by atoms with Crippen LogP contribution in [0.3, 0.4) is 0 Å². The zero-order valence-corrected chi connectivity index (χ0v) is 10.9. The number of hydrogen-bond donors (Lipinski definition) is 2. The molecule has 1 heterocycles. The van der Waals surface area contributed by atoms with Gasteiger partial charge in [-0.3, -0.25) is 4.98 Å². The third-order valence-corrected chi connectivity index (χ3v) is 2.69. The van der Waals surface area contributed by atoms with Crippen LogP contribution in [0.25, 0.3) is 11.3 Å². The monoisotopic (exact) mass is 297 g/mol. The van der Waals surface area contributed by atoms with Gasteiger partial charge in [0.05, 0.1) is 5.69 Å². The molecule has 0 radical (unpaired) electrons. The molecule has 1 aromatic carbocycles. The lowest BCUT2D eigenvalue weighted by Gasteiger charge is -2.11. The number of aryl methyl sites for hydroxylation is 1. The van der Waals surface area contributed by atoms with Gasteiger partial charge in [0.25, 0.3) is 0 Å². The standard InChI is InChI=1S/C13H11BF3NO3/c1-8-6-11(14(19)20)12(18-7-8)9-2-4-10(5-3-9)21-13(15,16)17/h2-7,19-20H,1H3. The number of nitrogens with zero attached hydrogens (tertiary/aromatic N) is 1. The molecule has 0 spiro atoms. The van der Waals surface area contributed by atoms with Crippen molar-refractivity contribution in [2.45, 2.75) is 13.3 Å². The van der Waals surface area contributed by atoms with E-state index in [1.807, 2.05) is 0 Å². The molecule has 8 heteroatoms. The van der Waals surface area contributed by atoms with Gasteiger partial charge in [0.2, 0.25) is 0 Å². The third-order valence-electron chi connectivity index (χ3n) is 2.69. The molecule has 4 nitrogen and oxygen atoms in total. The highest BCUT2D eigenvalue weighted by Gasteiger charge is 2.31. The molecule has 110 valence electrons. The average molecular weight is 297 g/mol. The van der Waals surface area contributed by atoms with E-state index in [0.29, 0.717) is 5.56 Å². The summed E-state index contributed by atoms with van der Waals surface area (Å²) < 4.78 is 40.0. The topological polar surface area (TPSA) is 62.6 Å². The Labute approximate surface area is 119 Å². The van der Waals surface area contributed by atoms with Gasteiger partial charge in [-0.2, -0.15) is 0 Å². The highest BCUT2D eigenvalue weighted by molar-refractivity contribution is 6.60. The average Bonchev–Trinajstić information content (AvgIpc) is 2.38. The molecular formula is C13H11BF3NO3. The molecule has 0 fully saturated rings. The minimum Gasteiger partial charge on any atom is -0.423 e. The van der Waals surface area contributed by atoms with Crippen LogP contribution in [0.4, 0.5) is 13.2 Å². The molecule has 0 aliphatic heterocycles. The molecule has 0 saturated heterocycles. The van der Waals surface area contributed by atoms with Crippen molar-refractivity contribution in [2.75, 3.05) is 0 Å². The van der Waals surface area contributed by atoms with Crippen LogP contribution in [0.5, 0.6) is 5.75 Å². The van der Waals surface area contributed by atoms with Crippen molar-refractivity contribution < 1.29 is 28.0 Å². The van der Waals surface area contributed by atoms with Gasteiger partial charge in [-0.25, -0.2) is 0 Å². The van der Waals surface area contributed by atoms with E-state index in [1.165, 1.54) is 18.3 Å². The Morgan fingerprint density at radius 3 is 2.29 bits per heavy atom. The summed E-state index contributed by atoms with van der Waals surface area (Å²) in [6, 6.07) is 6.55. The summed E-state index contributed by atoms with van der Waals surface area (Å²) >= 11 is 0. The predicted molar refractivity (Wildman–Crippen MR) is 70.9 cm³/mol. The van der Waals surface area contributed by atoms with Crippen LogP contribution < -0.4 is 10.2 Å². The quantitative estimate of drug-likeness (QED) is 0.845. The minimum atomic E-state index is -4.75. The molecule has 0 saturated carbocycles. The number of alkyl halides is 3. The van der Waals surface area contributed by atoms with Crippen LogP contribution in [0.2, 0.25) is 0 Å². The number of pyridine rings is 1. The van der Waals surface area contributed by atoms with E-state index in [4.69, 9.17) is 0 Å². The molecule has 0 aliphatic carbocycles. The Balaban J connectivity index is 2.35. The molecule has 2 rings (SSSR count). The van der Waals surface area contributed by atoms with E-state index in [2.05, 4.69) is 9.72 Å². The zero-order valence-electron chi connectivity index (χ0n) is 10.9. The first-order valence-electron chi connectivity index (χ1n) is 5.95. The van der Waals surface area contributed by atoms with Crippen LogP contribution in [-0.4, -0.2) is 28.5 Å². The molecule has 0 bridgehead atoms. The smallest absolute Gasteiger partial charge is 0.423 e. The largest absolute Gasteiger partial charge is 0.573 e. The van der Waals surface area contributed by atoms with E-state index in [0.717, 1.165) is 17.7 Å². The van der Waals surface area contributed by atoms with Gasteiger partial charge in [0.1, 0.15) is 5.75 Å². The van der Waals surface area contributed by atoms with Crippen LogP contribution in [0.1, 0.15) is 5.56 Å². The summed E-state index contributed by atoms with van der Waals surface area (Å²) in [5, 5.41) is 18.7. The van der Waals surface area contributed by atoms with Gasteiger partial charge in [-0.05, 0) is 36.8 Å². The Kier molecular flexibility index (Phi) is 4.20. The van der Waals surface area contributed by atoms with E-state index < -0.39 is 13.5 Å². The fraction of sp³-hybridized carbons (Fsp3) is 0.154. The maximum atomic E-state index is 12.1. The number of rotatable bonds is 3. The molecule has 0 aliphatic rings. The first kappa shape index (κ1) is 15.3. The third kappa shape index (κ3) is 3.96. The van der Waals surface area contributed by atoms with Crippen molar-refractivity contribution in [3.05, 3.63) is 42.1 Å². The molecule has 2 N–H and O–H groups in total. The maximum Gasteiger partial charge on any atom is 0.573 e. The fourth-order valence-electron chi connectivity index (χ4n) is 1.84. The molecule has 0 amide bonds. The molecule has 2 aromatic rings. The van der Waals surface area contributed by atoms with Crippen molar-refractivity contribution in [3.63, 3.8) is 0 Å². The van der Waals surface area contributed by atoms with Crippen LogP contribution in [0, 0.1) is 6.92 Å². The van der Waals surface area contributed by atoms with Gasteiger partial charge < -0.3 is 14.8 Å². The van der Waals surface area contributed by atoms with Gasteiger partial charge in [0, 0.05) is 17.2 Å². The van der Waals surface area contributed by atoms with Gasteiger partial charge in [-0.15, -0.1) is 13.2 Å². The lowest BCUT2D eigenvalue weighted by molar-refractivity contribution is -0.274. The fourth-order valence-corrected chi connectivity index (χ4v) is 1.84. The first-order valence-corrected chi connectivity index (χ1v) is 5.95. The van der Waals surface area contributed by atoms with Crippen molar-refractivity contribution in [1.82, 2.24) is 4.98 Å². The molecule has 0 atom stereocenters. The van der Waals surface area contributed by atoms with Gasteiger partial charge in [0.15, 0.2) is 0 Å². The highest BCUT2D eigenvalue weighted by atomic mass is 19.4. The summed E-state index contributed by atoms with van der Waals surface area (Å²) in [6.07, 6.45) is -3.22. The van der Waals surface area contributed by atoms with Crippen molar-refractivity contribution in [2.24, 2.45) is 0 Å². The van der Waals surface area contributed by atoms with Crippen LogP contribution in [0.15, 0.2) is 36.5 Å². The summed E-state index contributed by atoms with van der Waals surface area (Å²) in [4.78, 5) is 4.09. The summed E-state index contributed by atoms with van der Waals surface area (Å²) in [5.74, 6) is -0.357. The minimum absolute atomic E-state index is 0.180. The Morgan fingerprint density at radius 2 is 1.76 bits per heavy atom. The summed E-state index contributed by atoms with van der Waals surface area (Å²) in [6.45, 7) is 1.74.